The highest BCUT2D eigenvalue weighted by atomic mass is 28.3. The third kappa shape index (κ3) is 12.7. The number of ketones is 1. The number of amides is 6. The van der Waals surface area contributed by atoms with Gasteiger partial charge in [-0.3, -0.25) is 33.6 Å². The molecule has 2 heterocycles. The fourth-order valence-electron chi connectivity index (χ4n) is 11.2. The Hall–Kier alpha value is -5.67. The fraction of sp³-hybridized carbons (Fsp3) is 0.561. The topological polar surface area (TPSA) is 186 Å². The van der Waals surface area contributed by atoms with Crippen LogP contribution in [0.4, 0.5) is 0 Å². The molecule has 2 fully saturated rings. The Bertz CT molecular complexity index is 2490. The third-order valence-electron chi connectivity index (χ3n) is 15.9. The lowest BCUT2D eigenvalue weighted by atomic mass is 9.76. The number of benzene rings is 3. The van der Waals surface area contributed by atoms with Crippen LogP contribution >= 0.6 is 0 Å². The fourth-order valence-corrected chi connectivity index (χ4v) is 14.1. The monoisotopic (exact) mass is 1000 g/mol. The molecule has 0 aromatic heterocycles. The summed E-state index contributed by atoms with van der Waals surface area (Å²) in [6, 6.07) is 20.0. The van der Waals surface area contributed by atoms with Gasteiger partial charge >= 0.3 is 0 Å². The number of carbonyl (C=O) groups excluding carboxylic acids is 7. The van der Waals surface area contributed by atoms with Crippen LogP contribution in [0, 0.1) is 17.3 Å². The average molecular weight is 1000 g/mol. The standard InChI is InChI=1S/C57H79N7O7Si/c1-10-35(2)51(66)62-47(56(71)64-34-72(8,9)33-49(64)54(69)61-46-24-16-20-39-18-12-14-22-43(39)46)29-37-25-27-40(28-26-37)52(67)59-41-30-48(53(68)60-45-23-15-19-38-17-11-13-21-42(38)45)63(32-41)55(70)44(57(4,5)6)31-50(65)36(3)58-7/h11-14,17-18,21-22,25-28,35-36,41,44-49,58H,10,15-16,19-20,23-24,29-34H2,1-9H3,(H,59,67)(H,60,68)(H,61,69)(H,62,66)/t35-,36+,41+,44-,45-,46-,47+,48+,49+/m1/s1. The molecule has 9 atom stereocenters. The zero-order valence-corrected chi connectivity index (χ0v) is 45.1. The predicted molar refractivity (Wildman–Crippen MR) is 282 cm³/mol. The minimum Gasteiger partial charge on any atom is -0.348 e. The number of nitrogens with zero attached hydrogens (tertiary/aromatic N) is 2. The minimum atomic E-state index is -2.02. The van der Waals surface area contributed by atoms with Crippen LogP contribution in [0.25, 0.3) is 0 Å². The smallest absolute Gasteiger partial charge is 0.251 e. The number of nitrogens with one attached hydrogen (secondary N) is 5. The van der Waals surface area contributed by atoms with Crippen LogP contribution in [0.2, 0.25) is 19.1 Å². The number of aryl methyl sites for hydroxylation is 2. The normalized spacial score (nSPS) is 23.1. The van der Waals surface area contributed by atoms with Crippen molar-refractivity contribution in [2.45, 2.75) is 167 Å². The molecule has 2 saturated heterocycles. The van der Waals surface area contributed by atoms with Gasteiger partial charge in [0.05, 0.1) is 26.2 Å². The van der Waals surface area contributed by atoms with Crippen LogP contribution in [0.5, 0.6) is 0 Å². The molecule has 5 N–H and O–H groups in total. The quantitative estimate of drug-likeness (QED) is 0.0945. The second kappa shape index (κ2) is 23.0. The molecule has 0 saturated carbocycles. The van der Waals surface area contributed by atoms with Crippen LogP contribution < -0.4 is 26.6 Å². The van der Waals surface area contributed by atoms with E-state index in [1.807, 2.05) is 65.0 Å². The van der Waals surface area contributed by atoms with Gasteiger partial charge in [0, 0.05) is 49.0 Å². The van der Waals surface area contributed by atoms with Crippen molar-refractivity contribution in [3.05, 3.63) is 106 Å². The zero-order chi connectivity index (χ0) is 52.1. The van der Waals surface area contributed by atoms with Gasteiger partial charge in [0.2, 0.25) is 29.5 Å². The van der Waals surface area contributed by atoms with E-state index in [1.54, 1.807) is 48.0 Å². The molecule has 6 amide bonds. The van der Waals surface area contributed by atoms with Gasteiger partial charge in [-0.05, 0) is 117 Å². The number of Topliss-reactive ketones (excluding diaryl/α,β-unsaturated/α-hetero) is 1. The van der Waals surface area contributed by atoms with Crippen molar-refractivity contribution < 1.29 is 33.6 Å². The number of hydrogen-bond donors (Lipinski definition) is 5. The first kappa shape index (κ1) is 54.1. The summed E-state index contributed by atoms with van der Waals surface area (Å²) < 4.78 is 0. The van der Waals surface area contributed by atoms with E-state index in [-0.39, 0.29) is 85.0 Å². The largest absolute Gasteiger partial charge is 0.348 e. The Kier molecular flexibility index (Phi) is 17.3. The highest BCUT2D eigenvalue weighted by Crippen LogP contribution is 2.36. The summed E-state index contributed by atoms with van der Waals surface area (Å²) in [5.41, 5.74) is 5.10. The van der Waals surface area contributed by atoms with E-state index in [4.69, 9.17) is 0 Å². The summed E-state index contributed by atoms with van der Waals surface area (Å²) in [6.45, 7) is 15.8. The number of likely N-dealkylation sites (tertiary alicyclic amines) is 1. The van der Waals surface area contributed by atoms with Gasteiger partial charge < -0.3 is 36.4 Å². The van der Waals surface area contributed by atoms with Crippen molar-refractivity contribution in [3.63, 3.8) is 0 Å². The Morgan fingerprint density at radius 2 is 1.31 bits per heavy atom. The number of rotatable bonds is 17. The van der Waals surface area contributed by atoms with Crippen molar-refractivity contribution >= 4 is 49.3 Å². The molecule has 0 spiro atoms. The predicted octanol–water partition coefficient (Wildman–Crippen LogP) is 6.53. The van der Waals surface area contributed by atoms with E-state index in [2.05, 4.69) is 57.9 Å². The van der Waals surface area contributed by atoms with Gasteiger partial charge in [0.1, 0.15) is 23.9 Å². The maximum Gasteiger partial charge on any atom is 0.251 e. The highest BCUT2D eigenvalue weighted by molar-refractivity contribution is 6.79. The molecule has 3 aromatic rings. The summed E-state index contributed by atoms with van der Waals surface area (Å²) in [7, 11) is -0.307. The van der Waals surface area contributed by atoms with Gasteiger partial charge in [-0.2, -0.15) is 0 Å². The Balaban J connectivity index is 1.07. The molecule has 2 aliphatic carbocycles. The Morgan fingerprint density at radius 3 is 1.86 bits per heavy atom. The molecule has 2 aliphatic heterocycles. The first-order chi connectivity index (χ1) is 34.2. The van der Waals surface area contributed by atoms with Gasteiger partial charge in [-0.25, -0.2) is 0 Å². The van der Waals surface area contributed by atoms with E-state index in [0.29, 0.717) is 24.2 Å². The highest BCUT2D eigenvalue weighted by Gasteiger charge is 2.48. The molecule has 0 bridgehead atoms. The molecule has 3 aromatic carbocycles. The van der Waals surface area contributed by atoms with Crippen molar-refractivity contribution in [2.24, 2.45) is 17.3 Å². The summed E-state index contributed by atoms with van der Waals surface area (Å²) >= 11 is 0. The van der Waals surface area contributed by atoms with Crippen molar-refractivity contribution in [3.8, 4) is 0 Å². The van der Waals surface area contributed by atoms with E-state index in [1.165, 1.54) is 11.1 Å². The van der Waals surface area contributed by atoms with Crippen LogP contribution in [0.1, 0.15) is 137 Å². The second-order valence-electron chi connectivity index (χ2n) is 22.9. The van der Waals surface area contributed by atoms with Crippen molar-refractivity contribution in [1.29, 1.82) is 0 Å². The Morgan fingerprint density at radius 1 is 0.736 bits per heavy atom. The summed E-state index contributed by atoms with van der Waals surface area (Å²) in [4.78, 5) is 102. The number of fused-ring (bicyclic) bond motifs is 2. The second-order valence-corrected chi connectivity index (χ2v) is 28.0. The molecule has 14 nitrogen and oxygen atoms in total. The summed E-state index contributed by atoms with van der Waals surface area (Å²) in [5, 5.41) is 15.7. The molecule has 0 radical (unpaired) electrons. The lowest BCUT2D eigenvalue weighted by Crippen LogP contribution is -2.55. The maximum absolute atomic E-state index is 14.8. The summed E-state index contributed by atoms with van der Waals surface area (Å²) in [5.74, 6) is -2.81. The van der Waals surface area contributed by atoms with Gasteiger partial charge in [0.25, 0.3) is 5.91 Å². The third-order valence-corrected chi connectivity index (χ3v) is 18.6. The molecular formula is C57H79N7O7Si. The molecule has 4 aliphatic rings. The van der Waals surface area contributed by atoms with Crippen molar-refractivity contribution in [2.75, 3.05) is 19.8 Å². The van der Waals surface area contributed by atoms with Gasteiger partial charge in [-0.15, -0.1) is 0 Å². The molecule has 0 unspecified atom stereocenters. The molecule has 7 rings (SSSR count). The number of hydrogen-bond acceptors (Lipinski definition) is 8. The van der Waals surface area contributed by atoms with Crippen LogP contribution in [0.15, 0.2) is 72.8 Å². The summed E-state index contributed by atoms with van der Waals surface area (Å²) in [6.07, 6.45) is 6.82. The zero-order valence-electron chi connectivity index (χ0n) is 44.1. The van der Waals surface area contributed by atoms with E-state index in [9.17, 15) is 33.6 Å². The van der Waals surface area contributed by atoms with Crippen LogP contribution in [0.3, 0.4) is 0 Å². The first-order valence-corrected chi connectivity index (χ1v) is 29.9. The Labute approximate surface area is 428 Å². The molecule has 388 valence electrons. The lowest BCUT2D eigenvalue weighted by Gasteiger charge is -2.36. The lowest BCUT2D eigenvalue weighted by molar-refractivity contribution is -0.146. The van der Waals surface area contributed by atoms with E-state index < -0.39 is 49.6 Å². The van der Waals surface area contributed by atoms with Crippen molar-refractivity contribution in [1.82, 2.24) is 36.4 Å². The maximum atomic E-state index is 14.8. The number of likely N-dealkylation sites (N-methyl/N-ethyl adjacent to an activating group) is 1. The number of carbonyl (C=O) groups is 7. The molecule has 15 heteroatoms. The average Bonchev–Trinajstić information content (AvgIpc) is 3.94. The minimum absolute atomic E-state index is 0.00580. The van der Waals surface area contributed by atoms with E-state index >= 15 is 0 Å². The molecular weight excluding hydrogens is 923 g/mol. The first-order valence-electron chi connectivity index (χ1n) is 26.4. The SMILES string of the molecule is CC[C@@H](C)C(=O)N[C@@H](Cc1ccc(C(=O)N[C@H]2C[C@@H](C(=O)N[C@@H]3CCCc4ccccc43)N(C(=O)[C@@H](CC(=O)[C@H](C)NC)C(C)(C)C)C2)cc1)C(=O)N1C[Si](C)(C)C[C@H]1C(=O)N[C@@H]1CCCc2ccccc21. The van der Waals surface area contributed by atoms with Gasteiger partial charge in [0.15, 0.2) is 0 Å². The van der Waals surface area contributed by atoms with Crippen LogP contribution in [-0.4, -0.2) is 109 Å². The molecule has 72 heavy (non-hydrogen) atoms. The van der Waals surface area contributed by atoms with Crippen LogP contribution in [-0.2, 0) is 48.0 Å². The van der Waals surface area contributed by atoms with E-state index in [0.717, 1.165) is 55.2 Å². The van der Waals surface area contributed by atoms with Gasteiger partial charge in [-0.1, -0.05) is 108 Å².